The Morgan fingerprint density at radius 2 is 1.81 bits per heavy atom. The maximum Gasteiger partial charge on any atom is 0.333 e. The first-order valence-corrected chi connectivity index (χ1v) is 7.60. The minimum Gasteiger partial charge on any atom is -0.466 e. The Kier molecular flexibility index (Phi) is 6.21. The molecule has 3 nitrogen and oxygen atoms in total. The summed E-state index contributed by atoms with van der Waals surface area (Å²) in [5.74, 6) is -0.821. The topological polar surface area (TPSA) is 43.4 Å². The van der Waals surface area contributed by atoms with Crippen molar-refractivity contribution < 1.29 is 14.3 Å². The molecule has 0 amide bonds. The molecule has 4 heteroatoms. The Hall–Kier alpha value is -1.55. The molecule has 1 aromatic rings. The summed E-state index contributed by atoms with van der Waals surface area (Å²) in [6, 6.07) is 9.46. The fourth-order valence-electron chi connectivity index (χ4n) is 1.95. The van der Waals surface area contributed by atoms with Gasteiger partial charge in [0, 0.05) is 22.7 Å². The Balaban J connectivity index is 2.96. The van der Waals surface area contributed by atoms with Crippen LogP contribution in [0, 0.1) is 0 Å². The van der Waals surface area contributed by atoms with Crippen molar-refractivity contribution in [3.63, 3.8) is 0 Å². The van der Waals surface area contributed by atoms with Gasteiger partial charge in [0.2, 0.25) is 0 Å². The predicted octanol–water partition coefficient (Wildman–Crippen LogP) is 3.95. The molecule has 0 saturated carbocycles. The number of hydrogen-bond acceptors (Lipinski definition) is 4. The Morgan fingerprint density at radius 3 is 2.29 bits per heavy atom. The zero-order valence-corrected chi connectivity index (χ0v) is 13.8. The van der Waals surface area contributed by atoms with Crippen LogP contribution in [0.4, 0.5) is 0 Å². The molecule has 0 radical (unpaired) electrons. The van der Waals surface area contributed by atoms with Gasteiger partial charge < -0.3 is 4.74 Å². The molecule has 0 heterocycles. The van der Waals surface area contributed by atoms with Crippen molar-refractivity contribution in [1.29, 1.82) is 0 Å². The standard InChI is InChI=1S/C17H22O3S/c1-12(16(19)20-5)14(13-9-7-6-8-10-13)11-15(18)21-17(2,3)4/h6-10,14H,1,11H2,2-5H3. The van der Waals surface area contributed by atoms with E-state index in [1.54, 1.807) is 0 Å². The highest BCUT2D eigenvalue weighted by molar-refractivity contribution is 8.14. The second-order valence-corrected chi connectivity index (χ2v) is 7.65. The van der Waals surface area contributed by atoms with Crippen LogP contribution in [0.5, 0.6) is 0 Å². The molecule has 0 N–H and O–H groups in total. The highest BCUT2D eigenvalue weighted by atomic mass is 32.2. The lowest BCUT2D eigenvalue weighted by Crippen LogP contribution is -2.18. The second-order valence-electron chi connectivity index (χ2n) is 5.77. The molecular weight excluding hydrogens is 284 g/mol. The Labute approximate surface area is 130 Å². The minimum absolute atomic E-state index is 0.0430. The first-order valence-electron chi connectivity index (χ1n) is 6.78. The number of carbonyl (C=O) groups excluding carboxylic acids is 2. The lowest BCUT2D eigenvalue weighted by Gasteiger charge is -2.21. The largest absolute Gasteiger partial charge is 0.466 e. The third-order valence-electron chi connectivity index (χ3n) is 2.86. The van der Waals surface area contributed by atoms with E-state index < -0.39 is 5.97 Å². The molecular formula is C17H22O3S. The summed E-state index contributed by atoms with van der Waals surface area (Å²) < 4.78 is 4.59. The molecule has 0 fully saturated rings. The van der Waals surface area contributed by atoms with Crippen molar-refractivity contribution in [1.82, 2.24) is 0 Å². The first kappa shape index (κ1) is 17.5. The minimum atomic E-state index is -0.475. The van der Waals surface area contributed by atoms with Crippen LogP contribution in [-0.2, 0) is 14.3 Å². The van der Waals surface area contributed by atoms with Gasteiger partial charge >= 0.3 is 5.97 Å². The van der Waals surface area contributed by atoms with Crippen LogP contribution in [0.3, 0.4) is 0 Å². The summed E-state index contributed by atoms with van der Waals surface area (Å²) in [7, 11) is 1.32. The summed E-state index contributed by atoms with van der Waals surface area (Å²) in [6.45, 7) is 9.78. The monoisotopic (exact) mass is 306 g/mol. The Bertz CT molecular complexity index is 515. The number of benzene rings is 1. The molecule has 0 aliphatic heterocycles. The van der Waals surface area contributed by atoms with E-state index in [2.05, 4.69) is 6.58 Å². The fraction of sp³-hybridized carbons (Fsp3) is 0.412. The van der Waals surface area contributed by atoms with Crippen molar-refractivity contribution >= 4 is 22.8 Å². The van der Waals surface area contributed by atoms with Crippen molar-refractivity contribution in [2.75, 3.05) is 7.11 Å². The van der Waals surface area contributed by atoms with E-state index in [0.29, 0.717) is 5.57 Å². The summed E-state index contributed by atoms with van der Waals surface area (Å²) in [5.41, 5.74) is 1.21. The molecule has 0 spiro atoms. The average Bonchev–Trinajstić information content (AvgIpc) is 2.42. The van der Waals surface area contributed by atoms with E-state index in [9.17, 15) is 9.59 Å². The van der Waals surface area contributed by atoms with E-state index in [4.69, 9.17) is 4.74 Å². The van der Waals surface area contributed by atoms with E-state index >= 15 is 0 Å². The van der Waals surface area contributed by atoms with Gasteiger partial charge in [0.25, 0.3) is 0 Å². The van der Waals surface area contributed by atoms with Crippen LogP contribution in [0.1, 0.15) is 38.7 Å². The smallest absolute Gasteiger partial charge is 0.333 e. The van der Waals surface area contributed by atoms with Crippen molar-refractivity contribution in [3.05, 3.63) is 48.0 Å². The molecule has 0 aromatic heterocycles. The van der Waals surface area contributed by atoms with E-state index in [-0.39, 0.29) is 22.2 Å². The zero-order chi connectivity index (χ0) is 16.0. The molecule has 1 aromatic carbocycles. The lowest BCUT2D eigenvalue weighted by molar-refractivity contribution is -0.136. The van der Waals surface area contributed by atoms with Gasteiger partial charge in [-0.25, -0.2) is 4.79 Å². The van der Waals surface area contributed by atoms with Crippen LogP contribution in [-0.4, -0.2) is 22.9 Å². The highest BCUT2D eigenvalue weighted by Crippen LogP contribution is 2.33. The first-order chi connectivity index (χ1) is 9.74. The van der Waals surface area contributed by atoms with Crippen LogP contribution >= 0.6 is 11.8 Å². The number of rotatable bonds is 5. The summed E-state index contributed by atoms with van der Waals surface area (Å²) >= 11 is 1.28. The number of carbonyl (C=O) groups is 2. The maximum atomic E-state index is 12.2. The van der Waals surface area contributed by atoms with E-state index in [1.165, 1.54) is 18.9 Å². The van der Waals surface area contributed by atoms with Crippen LogP contribution in [0.2, 0.25) is 0 Å². The predicted molar refractivity (Wildman–Crippen MR) is 87.3 cm³/mol. The lowest BCUT2D eigenvalue weighted by atomic mass is 9.89. The van der Waals surface area contributed by atoms with Gasteiger partial charge in [0.05, 0.1) is 7.11 Å². The summed E-state index contributed by atoms with van der Waals surface area (Å²) in [6.07, 6.45) is 0.236. The number of hydrogen-bond donors (Lipinski definition) is 0. The van der Waals surface area contributed by atoms with Crippen LogP contribution in [0.25, 0.3) is 0 Å². The number of methoxy groups -OCH3 is 1. The number of ether oxygens (including phenoxy) is 1. The fourth-order valence-corrected chi connectivity index (χ4v) is 2.88. The van der Waals surface area contributed by atoms with Crippen molar-refractivity contribution in [2.45, 2.75) is 37.9 Å². The molecule has 114 valence electrons. The summed E-state index contributed by atoms with van der Waals surface area (Å²) in [5, 5.41) is 0.0430. The molecule has 0 aliphatic carbocycles. The Morgan fingerprint density at radius 1 is 1.24 bits per heavy atom. The van der Waals surface area contributed by atoms with Gasteiger partial charge in [-0.3, -0.25) is 4.79 Å². The molecule has 1 rings (SSSR count). The quantitative estimate of drug-likeness (QED) is 0.610. The molecule has 1 unspecified atom stereocenters. The maximum absolute atomic E-state index is 12.2. The molecule has 1 atom stereocenters. The van der Waals surface area contributed by atoms with Crippen molar-refractivity contribution in [2.24, 2.45) is 0 Å². The van der Waals surface area contributed by atoms with Gasteiger partial charge in [-0.15, -0.1) is 0 Å². The van der Waals surface area contributed by atoms with Gasteiger partial charge in [-0.1, -0.05) is 69.4 Å². The van der Waals surface area contributed by atoms with Gasteiger partial charge in [0.15, 0.2) is 5.12 Å². The molecule has 0 saturated heterocycles. The third-order valence-corrected chi connectivity index (χ3v) is 3.87. The number of thioether (sulfide) groups is 1. The zero-order valence-electron chi connectivity index (χ0n) is 13.0. The van der Waals surface area contributed by atoms with E-state index in [0.717, 1.165) is 5.56 Å². The van der Waals surface area contributed by atoms with Gasteiger partial charge in [-0.2, -0.15) is 0 Å². The number of esters is 1. The average molecular weight is 306 g/mol. The second kappa shape index (κ2) is 7.46. The van der Waals surface area contributed by atoms with Gasteiger partial charge in [-0.05, 0) is 5.56 Å². The normalized spacial score (nSPS) is 12.6. The van der Waals surface area contributed by atoms with E-state index in [1.807, 2.05) is 51.1 Å². The SMILES string of the molecule is C=C(C(=O)OC)C(CC(=O)SC(C)(C)C)c1ccccc1. The highest BCUT2D eigenvalue weighted by Gasteiger charge is 2.26. The van der Waals surface area contributed by atoms with Gasteiger partial charge in [0.1, 0.15) is 0 Å². The van der Waals surface area contributed by atoms with Crippen LogP contribution in [0.15, 0.2) is 42.5 Å². The molecule has 0 aliphatic rings. The summed E-state index contributed by atoms with van der Waals surface area (Å²) in [4.78, 5) is 24.0. The molecule has 0 bridgehead atoms. The molecule has 21 heavy (non-hydrogen) atoms. The van der Waals surface area contributed by atoms with Crippen LogP contribution < -0.4 is 0 Å². The van der Waals surface area contributed by atoms with Crippen molar-refractivity contribution in [3.8, 4) is 0 Å². The third kappa shape index (κ3) is 5.76.